The minimum Gasteiger partial charge on any atom is -0.481 e. The fourth-order valence-electron chi connectivity index (χ4n) is 2.51. The van der Waals surface area contributed by atoms with Gasteiger partial charge in [0, 0.05) is 13.1 Å². The first-order chi connectivity index (χ1) is 10.1. The highest BCUT2D eigenvalue weighted by molar-refractivity contribution is 5.85. The first-order valence-electron chi connectivity index (χ1n) is 6.80. The van der Waals surface area contributed by atoms with E-state index in [9.17, 15) is 24.8 Å². The van der Waals surface area contributed by atoms with Crippen LogP contribution in [0.15, 0.2) is 12.4 Å². The van der Waals surface area contributed by atoms with E-state index in [-0.39, 0.29) is 18.1 Å². The minimum absolute atomic E-state index is 0.119. The van der Waals surface area contributed by atoms with Crippen molar-refractivity contribution < 1.29 is 19.6 Å². The normalized spacial score (nSPS) is 21.9. The van der Waals surface area contributed by atoms with Crippen LogP contribution in [0, 0.1) is 15.5 Å². The van der Waals surface area contributed by atoms with Crippen molar-refractivity contribution in [1.29, 1.82) is 0 Å². The second-order valence-electron chi connectivity index (χ2n) is 6.30. The van der Waals surface area contributed by atoms with Gasteiger partial charge in [0.1, 0.15) is 17.9 Å². The molecule has 1 unspecified atom stereocenters. The first kappa shape index (κ1) is 15.9. The lowest BCUT2D eigenvalue weighted by Gasteiger charge is -2.30. The molecule has 0 bridgehead atoms. The van der Waals surface area contributed by atoms with Crippen molar-refractivity contribution in [2.24, 2.45) is 5.41 Å². The Hall–Kier alpha value is -2.45. The predicted octanol–water partition coefficient (Wildman–Crippen LogP) is 0.850. The van der Waals surface area contributed by atoms with E-state index in [0.717, 1.165) is 6.20 Å². The standard InChI is InChI=1S/C13H18N4O5/c1-12(2,16-7-9(6-14-16)17(21)22)10(18)15-5-4-13(3,8-15)11(19)20/h6-7H,4-5,8H2,1-3H3,(H,19,20). The van der Waals surface area contributed by atoms with Gasteiger partial charge in [-0.05, 0) is 27.2 Å². The molecule has 1 aliphatic heterocycles. The number of aliphatic carboxylic acids is 1. The predicted molar refractivity (Wildman–Crippen MR) is 75.1 cm³/mol. The second kappa shape index (κ2) is 5.08. The molecule has 1 aromatic heterocycles. The van der Waals surface area contributed by atoms with E-state index in [1.54, 1.807) is 20.8 Å². The summed E-state index contributed by atoms with van der Waals surface area (Å²) in [6.07, 6.45) is 2.66. The molecule has 0 aromatic carbocycles. The number of hydrogen-bond donors (Lipinski definition) is 1. The highest BCUT2D eigenvalue weighted by Gasteiger charge is 2.46. The molecule has 0 aliphatic carbocycles. The summed E-state index contributed by atoms with van der Waals surface area (Å²) in [6, 6.07) is 0. The van der Waals surface area contributed by atoms with Gasteiger partial charge in [-0.15, -0.1) is 0 Å². The van der Waals surface area contributed by atoms with Crippen molar-refractivity contribution in [2.45, 2.75) is 32.7 Å². The third-order valence-electron chi connectivity index (χ3n) is 4.15. The number of carboxylic acid groups (broad SMARTS) is 1. The molecule has 2 heterocycles. The van der Waals surface area contributed by atoms with E-state index in [0.29, 0.717) is 13.0 Å². The summed E-state index contributed by atoms with van der Waals surface area (Å²) in [4.78, 5) is 35.5. The number of nitrogens with zero attached hydrogens (tertiary/aromatic N) is 4. The fraction of sp³-hybridized carbons (Fsp3) is 0.615. The Labute approximate surface area is 126 Å². The molecule has 9 nitrogen and oxygen atoms in total. The average Bonchev–Trinajstić information content (AvgIpc) is 3.05. The molecular weight excluding hydrogens is 292 g/mol. The number of carbonyl (C=O) groups excluding carboxylic acids is 1. The van der Waals surface area contributed by atoms with Crippen LogP contribution in [0.4, 0.5) is 5.69 Å². The molecule has 22 heavy (non-hydrogen) atoms. The number of carbonyl (C=O) groups is 2. The molecule has 9 heteroatoms. The first-order valence-corrected chi connectivity index (χ1v) is 6.80. The highest BCUT2D eigenvalue weighted by Crippen LogP contribution is 2.32. The maximum Gasteiger partial charge on any atom is 0.311 e. The smallest absolute Gasteiger partial charge is 0.311 e. The van der Waals surface area contributed by atoms with Crippen LogP contribution in [0.5, 0.6) is 0 Å². The van der Waals surface area contributed by atoms with Gasteiger partial charge in [-0.2, -0.15) is 5.10 Å². The van der Waals surface area contributed by atoms with Crippen molar-refractivity contribution in [3.63, 3.8) is 0 Å². The van der Waals surface area contributed by atoms with Gasteiger partial charge in [0.25, 0.3) is 0 Å². The third kappa shape index (κ3) is 2.53. The molecule has 1 aliphatic rings. The monoisotopic (exact) mass is 310 g/mol. The Morgan fingerprint density at radius 3 is 2.59 bits per heavy atom. The summed E-state index contributed by atoms with van der Waals surface area (Å²) >= 11 is 0. The van der Waals surface area contributed by atoms with Crippen LogP contribution in [0.1, 0.15) is 27.2 Å². The van der Waals surface area contributed by atoms with Gasteiger partial charge < -0.3 is 10.0 Å². The van der Waals surface area contributed by atoms with E-state index < -0.39 is 21.8 Å². The molecule has 0 spiro atoms. The summed E-state index contributed by atoms with van der Waals surface area (Å²) in [5.74, 6) is -1.24. The maximum atomic E-state index is 12.7. The molecule has 120 valence electrons. The fourth-order valence-corrected chi connectivity index (χ4v) is 2.51. The van der Waals surface area contributed by atoms with Gasteiger partial charge in [0.05, 0.1) is 10.3 Å². The van der Waals surface area contributed by atoms with Gasteiger partial charge in [0.2, 0.25) is 5.91 Å². The molecule has 2 rings (SSSR count). The largest absolute Gasteiger partial charge is 0.481 e. The van der Waals surface area contributed by atoms with Gasteiger partial charge >= 0.3 is 11.7 Å². The second-order valence-corrected chi connectivity index (χ2v) is 6.30. The third-order valence-corrected chi connectivity index (χ3v) is 4.15. The Morgan fingerprint density at radius 2 is 2.14 bits per heavy atom. The zero-order chi connectivity index (χ0) is 16.7. The number of amides is 1. The molecule has 1 atom stereocenters. The molecule has 1 fully saturated rings. The molecule has 0 radical (unpaired) electrons. The van der Waals surface area contributed by atoms with Gasteiger partial charge in [-0.1, -0.05) is 0 Å². The topological polar surface area (TPSA) is 119 Å². The summed E-state index contributed by atoms with van der Waals surface area (Å²) in [6.45, 7) is 5.27. The number of nitro groups is 1. The van der Waals surface area contributed by atoms with Crippen LogP contribution in [0.25, 0.3) is 0 Å². The van der Waals surface area contributed by atoms with Crippen LogP contribution in [-0.2, 0) is 15.1 Å². The van der Waals surface area contributed by atoms with Crippen LogP contribution in [-0.4, -0.2) is 49.7 Å². The van der Waals surface area contributed by atoms with Crippen LogP contribution in [0.2, 0.25) is 0 Å². The zero-order valence-corrected chi connectivity index (χ0v) is 12.6. The van der Waals surface area contributed by atoms with Crippen molar-refractivity contribution in [2.75, 3.05) is 13.1 Å². The van der Waals surface area contributed by atoms with E-state index in [4.69, 9.17) is 0 Å². The Morgan fingerprint density at radius 1 is 1.50 bits per heavy atom. The van der Waals surface area contributed by atoms with Gasteiger partial charge in [0.15, 0.2) is 0 Å². The molecule has 1 saturated heterocycles. The van der Waals surface area contributed by atoms with Crippen molar-refractivity contribution in [3.05, 3.63) is 22.5 Å². The van der Waals surface area contributed by atoms with E-state index in [2.05, 4.69) is 5.10 Å². The van der Waals surface area contributed by atoms with Gasteiger partial charge in [-0.25, -0.2) is 0 Å². The number of rotatable bonds is 4. The summed E-state index contributed by atoms with van der Waals surface area (Å²) in [5.41, 5.74) is -2.28. The van der Waals surface area contributed by atoms with E-state index >= 15 is 0 Å². The maximum absolute atomic E-state index is 12.7. The van der Waals surface area contributed by atoms with Crippen molar-refractivity contribution in [1.82, 2.24) is 14.7 Å². The molecule has 1 N–H and O–H groups in total. The lowest BCUT2D eigenvalue weighted by molar-refractivity contribution is -0.385. The molecule has 1 amide bonds. The lowest BCUT2D eigenvalue weighted by atomic mass is 9.90. The summed E-state index contributed by atoms with van der Waals surface area (Å²) in [7, 11) is 0. The Bertz CT molecular complexity index is 638. The number of hydrogen-bond acceptors (Lipinski definition) is 5. The van der Waals surface area contributed by atoms with Crippen LogP contribution in [0.3, 0.4) is 0 Å². The Kier molecular flexibility index (Phi) is 3.68. The number of carboxylic acids is 1. The van der Waals surface area contributed by atoms with Crippen LogP contribution < -0.4 is 0 Å². The average molecular weight is 310 g/mol. The SMILES string of the molecule is CC1(C(=O)O)CCN(C(=O)C(C)(C)n2cc([N+](=O)[O-])cn2)C1. The van der Waals surface area contributed by atoms with Crippen molar-refractivity contribution >= 4 is 17.6 Å². The zero-order valence-electron chi connectivity index (χ0n) is 12.6. The summed E-state index contributed by atoms with van der Waals surface area (Å²) < 4.78 is 1.24. The number of aromatic nitrogens is 2. The van der Waals surface area contributed by atoms with Gasteiger partial charge in [-0.3, -0.25) is 24.4 Å². The summed E-state index contributed by atoms with van der Waals surface area (Å²) in [5, 5.41) is 23.8. The van der Waals surface area contributed by atoms with E-state index in [1.807, 2.05) is 0 Å². The highest BCUT2D eigenvalue weighted by atomic mass is 16.6. The van der Waals surface area contributed by atoms with E-state index in [1.165, 1.54) is 15.8 Å². The molecule has 0 saturated carbocycles. The lowest BCUT2D eigenvalue weighted by Crippen LogP contribution is -2.47. The molecule has 1 aromatic rings. The molecular formula is C13H18N4O5. The Balaban J connectivity index is 2.20. The number of likely N-dealkylation sites (tertiary alicyclic amines) is 1. The minimum atomic E-state index is -1.13. The quantitative estimate of drug-likeness (QED) is 0.650. The van der Waals surface area contributed by atoms with Crippen LogP contribution >= 0.6 is 0 Å². The van der Waals surface area contributed by atoms with Crippen molar-refractivity contribution in [3.8, 4) is 0 Å².